The van der Waals surface area contributed by atoms with Crippen LogP contribution in [0, 0.1) is 0 Å². The third-order valence-corrected chi connectivity index (χ3v) is 6.13. The molecule has 8 nitrogen and oxygen atoms in total. The SMILES string of the molecule is CCn1cc(-c2noc(CNS(=O)(=O)c3ccc4c(c3)CCCC4)n2)cn1. The molecule has 1 aromatic carbocycles. The highest BCUT2D eigenvalue weighted by Crippen LogP contribution is 2.24. The fraction of sp³-hybridized carbons (Fsp3) is 0.389. The van der Waals surface area contributed by atoms with Gasteiger partial charge in [0.1, 0.15) is 0 Å². The highest BCUT2D eigenvalue weighted by Gasteiger charge is 2.19. The lowest BCUT2D eigenvalue weighted by molar-refractivity contribution is 0.376. The van der Waals surface area contributed by atoms with E-state index in [2.05, 4.69) is 20.0 Å². The number of rotatable bonds is 6. The van der Waals surface area contributed by atoms with E-state index in [1.54, 1.807) is 23.0 Å². The number of hydrogen-bond acceptors (Lipinski definition) is 6. The van der Waals surface area contributed by atoms with E-state index in [9.17, 15) is 8.42 Å². The quantitative estimate of drug-likeness (QED) is 0.696. The number of hydrogen-bond donors (Lipinski definition) is 1. The first kappa shape index (κ1) is 17.9. The number of aromatic nitrogens is 4. The molecule has 3 aromatic rings. The van der Waals surface area contributed by atoms with Crippen molar-refractivity contribution in [1.82, 2.24) is 24.6 Å². The average Bonchev–Trinajstić information content (AvgIpc) is 3.35. The molecular weight excluding hydrogens is 366 g/mol. The number of benzene rings is 1. The standard InChI is InChI=1S/C18H21N5O3S/c1-2-23-12-15(10-19-23)18-21-17(26-22-18)11-20-27(24,25)16-8-7-13-5-3-4-6-14(13)9-16/h7-10,12,20H,2-6,11H2,1H3. The Kier molecular flexibility index (Phi) is 4.79. The van der Waals surface area contributed by atoms with Gasteiger partial charge in [-0.3, -0.25) is 4.68 Å². The summed E-state index contributed by atoms with van der Waals surface area (Å²) in [6.07, 6.45) is 7.66. The minimum Gasteiger partial charge on any atom is -0.338 e. The summed E-state index contributed by atoms with van der Waals surface area (Å²) in [6.45, 7) is 2.66. The van der Waals surface area contributed by atoms with E-state index in [0.29, 0.717) is 5.82 Å². The summed E-state index contributed by atoms with van der Waals surface area (Å²) in [5.41, 5.74) is 3.09. The van der Waals surface area contributed by atoms with Crippen molar-refractivity contribution in [3.05, 3.63) is 47.6 Å². The van der Waals surface area contributed by atoms with E-state index in [0.717, 1.165) is 43.4 Å². The Labute approximate surface area is 157 Å². The van der Waals surface area contributed by atoms with E-state index >= 15 is 0 Å². The number of aryl methyl sites for hydroxylation is 3. The summed E-state index contributed by atoms with van der Waals surface area (Å²) in [6, 6.07) is 5.35. The van der Waals surface area contributed by atoms with Crippen LogP contribution in [0.25, 0.3) is 11.4 Å². The number of nitrogens with zero attached hydrogens (tertiary/aromatic N) is 4. The van der Waals surface area contributed by atoms with Crippen molar-refractivity contribution in [3.63, 3.8) is 0 Å². The average molecular weight is 387 g/mol. The van der Waals surface area contributed by atoms with Crippen LogP contribution in [-0.2, 0) is 36.0 Å². The van der Waals surface area contributed by atoms with E-state index in [4.69, 9.17) is 4.52 Å². The molecule has 9 heteroatoms. The summed E-state index contributed by atoms with van der Waals surface area (Å²) < 4.78 is 34.6. The third-order valence-electron chi connectivity index (χ3n) is 4.73. The molecule has 142 valence electrons. The van der Waals surface area contributed by atoms with Gasteiger partial charge in [0.25, 0.3) is 0 Å². The maximum Gasteiger partial charge on any atom is 0.242 e. The maximum absolute atomic E-state index is 12.6. The molecule has 1 N–H and O–H groups in total. The highest BCUT2D eigenvalue weighted by atomic mass is 32.2. The lowest BCUT2D eigenvalue weighted by atomic mass is 9.92. The number of sulfonamides is 1. The van der Waals surface area contributed by atoms with Gasteiger partial charge in [0.15, 0.2) is 0 Å². The van der Waals surface area contributed by atoms with Crippen LogP contribution in [0.15, 0.2) is 40.0 Å². The topological polar surface area (TPSA) is 103 Å². The fourth-order valence-corrected chi connectivity index (χ4v) is 4.24. The maximum atomic E-state index is 12.6. The van der Waals surface area contributed by atoms with Gasteiger partial charge in [0, 0.05) is 12.7 Å². The van der Waals surface area contributed by atoms with Crippen molar-refractivity contribution in [3.8, 4) is 11.4 Å². The van der Waals surface area contributed by atoms with Gasteiger partial charge in [0.2, 0.25) is 21.7 Å². The molecule has 0 radical (unpaired) electrons. The second kappa shape index (κ2) is 7.24. The Morgan fingerprint density at radius 1 is 1.22 bits per heavy atom. The van der Waals surface area contributed by atoms with Gasteiger partial charge >= 0.3 is 0 Å². The van der Waals surface area contributed by atoms with Gasteiger partial charge in [-0.2, -0.15) is 10.1 Å². The molecule has 0 saturated carbocycles. The molecule has 0 amide bonds. The molecule has 1 aliphatic carbocycles. The first-order valence-electron chi connectivity index (χ1n) is 9.02. The molecule has 2 heterocycles. The van der Waals surface area contributed by atoms with Crippen LogP contribution in [-0.4, -0.2) is 28.3 Å². The van der Waals surface area contributed by atoms with Crippen molar-refractivity contribution in [2.45, 2.75) is 50.6 Å². The second-order valence-electron chi connectivity index (χ2n) is 6.56. The van der Waals surface area contributed by atoms with E-state index in [1.807, 2.05) is 19.2 Å². The Hall–Kier alpha value is -2.52. The third kappa shape index (κ3) is 3.79. The first-order chi connectivity index (χ1) is 13.0. The minimum absolute atomic E-state index is 0.0612. The van der Waals surface area contributed by atoms with Crippen molar-refractivity contribution in [2.75, 3.05) is 0 Å². The summed E-state index contributed by atoms with van der Waals surface area (Å²) >= 11 is 0. The first-order valence-corrected chi connectivity index (χ1v) is 10.5. The van der Waals surface area contributed by atoms with Crippen molar-refractivity contribution in [2.24, 2.45) is 0 Å². The van der Waals surface area contributed by atoms with E-state index in [-0.39, 0.29) is 17.3 Å². The second-order valence-corrected chi connectivity index (χ2v) is 8.33. The molecule has 27 heavy (non-hydrogen) atoms. The predicted molar refractivity (Wildman–Crippen MR) is 98.3 cm³/mol. The smallest absolute Gasteiger partial charge is 0.242 e. The van der Waals surface area contributed by atoms with Gasteiger partial charge in [-0.05, 0) is 55.9 Å². The molecule has 0 aliphatic heterocycles. The molecular formula is C18H21N5O3S. The van der Waals surface area contributed by atoms with Gasteiger partial charge in [-0.25, -0.2) is 13.1 Å². The van der Waals surface area contributed by atoms with Gasteiger partial charge in [-0.15, -0.1) is 0 Å². The van der Waals surface area contributed by atoms with Crippen LogP contribution in [0.3, 0.4) is 0 Å². The Bertz CT molecular complexity index is 1050. The normalized spacial score (nSPS) is 14.3. The summed E-state index contributed by atoms with van der Waals surface area (Å²) in [5, 5.41) is 8.05. The number of nitrogens with one attached hydrogen (secondary N) is 1. The lowest BCUT2D eigenvalue weighted by Gasteiger charge is -2.16. The molecule has 0 unspecified atom stereocenters. The Morgan fingerprint density at radius 3 is 2.81 bits per heavy atom. The van der Waals surface area contributed by atoms with Crippen LogP contribution < -0.4 is 4.72 Å². The monoisotopic (exact) mass is 387 g/mol. The van der Waals surface area contributed by atoms with E-state index in [1.165, 1.54) is 5.56 Å². The molecule has 0 atom stereocenters. The molecule has 0 bridgehead atoms. The van der Waals surface area contributed by atoms with Crippen LogP contribution in [0.2, 0.25) is 0 Å². The highest BCUT2D eigenvalue weighted by molar-refractivity contribution is 7.89. The Balaban J connectivity index is 1.46. The lowest BCUT2D eigenvalue weighted by Crippen LogP contribution is -2.23. The zero-order valence-corrected chi connectivity index (χ0v) is 15.9. The summed E-state index contributed by atoms with van der Waals surface area (Å²) in [4.78, 5) is 4.51. The number of fused-ring (bicyclic) bond motifs is 1. The minimum atomic E-state index is -3.64. The molecule has 0 spiro atoms. The fourth-order valence-electron chi connectivity index (χ4n) is 3.21. The molecule has 0 saturated heterocycles. The molecule has 4 rings (SSSR count). The van der Waals surface area contributed by atoms with Crippen molar-refractivity contribution in [1.29, 1.82) is 0 Å². The van der Waals surface area contributed by atoms with Gasteiger partial charge < -0.3 is 4.52 Å². The zero-order valence-electron chi connectivity index (χ0n) is 15.1. The van der Waals surface area contributed by atoms with Crippen LogP contribution in [0.1, 0.15) is 36.8 Å². The van der Waals surface area contributed by atoms with Crippen molar-refractivity contribution < 1.29 is 12.9 Å². The summed E-state index contributed by atoms with van der Waals surface area (Å²) in [7, 11) is -3.64. The van der Waals surface area contributed by atoms with Gasteiger partial charge in [0.05, 0.1) is 23.2 Å². The zero-order chi connectivity index (χ0) is 18.9. The van der Waals surface area contributed by atoms with Crippen LogP contribution in [0.5, 0.6) is 0 Å². The molecule has 1 aliphatic rings. The largest absolute Gasteiger partial charge is 0.338 e. The molecule has 2 aromatic heterocycles. The molecule has 0 fully saturated rings. The van der Waals surface area contributed by atoms with Crippen LogP contribution in [0.4, 0.5) is 0 Å². The predicted octanol–water partition coefficient (Wildman–Crippen LogP) is 2.31. The van der Waals surface area contributed by atoms with Crippen molar-refractivity contribution >= 4 is 10.0 Å². The Morgan fingerprint density at radius 2 is 2.04 bits per heavy atom. The van der Waals surface area contributed by atoms with Gasteiger partial charge in [-0.1, -0.05) is 11.2 Å². The van der Waals surface area contributed by atoms with Crippen LogP contribution >= 0.6 is 0 Å². The summed E-state index contributed by atoms with van der Waals surface area (Å²) in [5.74, 6) is 0.591. The van der Waals surface area contributed by atoms with E-state index < -0.39 is 10.0 Å².